The lowest BCUT2D eigenvalue weighted by Gasteiger charge is -2.12. The molecule has 0 heterocycles. The molecule has 1 aliphatic carbocycles. The standard InChI is InChI=1S/C14H28/c1-4-7-12(2)8-5-6-9-13(3)14-10-11-14/h12-14H,4-11H2,1-3H3. The molecule has 2 unspecified atom stereocenters. The van der Waals surface area contributed by atoms with Gasteiger partial charge >= 0.3 is 0 Å². The molecule has 0 bridgehead atoms. The smallest absolute Gasteiger partial charge is 0.0388 e. The third-order valence-corrected chi connectivity index (χ3v) is 3.81. The summed E-state index contributed by atoms with van der Waals surface area (Å²) in [6, 6.07) is 0. The molecule has 1 fully saturated rings. The van der Waals surface area contributed by atoms with Crippen molar-refractivity contribution in [3.8, 4) is 0 Å². The van der Waals surface area contributed by atoms with E-state index >= 15 is 0 Å². The largest absolute Gasteiger partial charge is 0.0654 e. The van der Waals surface area contributed by atoms with Crippen molar-refractivity contribution in [3.63, 3.8) is 0 Å². The zero-order valence-corrected chi connectivity index (χ0v) is 10.4. The lowest BCUT2D eigenvalue weighted by molar-refractivity contribution is 0.409. The normalized spacial score (nSPS) is 20.8. The first kappa shape index (κ1) is 12.1. The highest BCUT2D eigenvalue weighted by Gasteiger charge is 2.26. The molecule has 0 amide bonds. The molecular formula is C14H28. The van der Waals surface area contributed by atoms with Crippen LogP contribution in [-0.4, -0.2) is 0 Å². The average molecular weight is 196 g/mol. The Hall–Kier alpha value is 0. The Morgan fingerprint density at radius 2 is 1.64 bits per heavy atom. The molecule has 84 valence electrons. The maximum atomic E-state index is 2.45. The molecule has 1 rings (SSSR count). The summed E-state index contributed by atoms with van der Waals surface area (Å²) < 4.78 is 0. The van der Waals surface area contributed by atoms with E-state index in [2.05, 4.69) is 20.8 Å². The van der Waals surface area contributed by atoms with Gasteiger partial charge < -0.3 is 0 Å². The fraction of sp³-hybridized carbons (Fsp3) is 1.00. The predicted molar refractivity (Wildman–Crippen MR) is 64.4 cm³/mol. The Bertz CT molecular complexity index is 135. The van der Waals surface area contributed by atoms with E-state index in [0.29, 0.717) is 0 Å². The second kappa shape index (κ2) is 6.48. The fourth-order valence-electron chi connectivity index (χ4n) is 2.50. The maximum absolute atomic E-state index is 2.45. The van der Waals surface area contributed by atoms with Crippen molar-refractivity contribution in [2.45, 2.75) is 72.1 Å². The van der Waals surface area contributed by atoms with Crippen LogP contribution < -0.4 is 0 Å². The van der Waals surface area contributed by atoms with Crippen LogP contribution in [0, 0.1) is 17.8 Å². The van der Waals surface area contributed by atoms with E-state index < -0.39 is 0 Å². The minimum absolute atomic E-state index is 0.969. The van der Waals surface area contributed by atoms with E-state index in [0.717, 1.165) is 17.8 Å². The first-order valence-electron chi connectivity index (χ1n) is 6.74. The van der Waals surface area contributed by atoms with Crippen molar-refractivity contribution in [2.75, 3.05) is 0 Å². The van der Waals surface area contributed by atoms with Gasteiger partial charge in [0.15, 0.2) is 0 Å². The van der Waals surface area contributed by atoms with Gasteiger partial charge in [0.05, 0.1) is 0 Å². The van der Waals surface area contributed by atoms with Gasteiger partial charge in [0.2, 0.25) is 0 Å². The van der Waals surface area contributed by atoms with E-state index in [1.807, 2.05) is 0 Å². The van der Waals surface area contributed by atoms with E-state index in [4.69, 9.17) is 0 Å². The lowest BCUT2D eigenvalue weighted by Crippen LogP contribution is -1.98. The molecule has 0 N–H and O–H groups in total. The number of hydrogen-bond donors (Lipinski definition) is 0. The van der Waals surface area contributed by atoms with Gasteiger partial charge in [0.1, 0.15) is 0 Å². The predicted octanol–water partition coefficient (Wildman–Crippen LogP) is 5.03. The maximum Gasteiger partial charge on any atom is -0.0388 e. The van der Waals surface area contributed by atoms with Crippen molar-refractivity contribution >= 4 is 0 Å². The Labute approximate surface area is 90.5 Å². The van der Waals surface area contributed by atoms with Gasteiger partial charge in [-0.05, 0) is 30.6 Å². The van der Waals surface area contributed by atoms with Crippen molar-refractivity contribution in [3.05, 3.63) is 0 Å². The highest BCUT2D eigenvalue weighted by Crippen LogP contribution is 2.38. The molecule has 2 atom stereocenters. The molecule has 0 aromatic carbocycles. The summed E-state index contributed by atoms with van der Waals surface area (Å²) >= 11 is 0. The molecule has 0 aliphatic heterocycles. The van der Waals surface area contributed by atoms with Gasteiger partial charge in [0, 0.05) is 0 Å². The van der Waals surface area contributed by atoms with Crippen LogP contribution in [0.2, 0.25) is 0 Å². The number of rotatable bonds is 8. The van der Waals surface area contributed by atoms with E-state index in [1.165, 1.54) is 51.4 Å². The third kappa shape index (κ3) is 5.02. The molecule has 0 nitrogen and oxygen atoms in total. The Kier molecular flexibility index (Phi) is 5.59. The molecule has 14 heavy (non-hydrogen) atoms. The Morgan fingerprint density at radius 3 is 2.21 bits per heavy atom. The second-order valence-corrected chi connectivity index (χ2v) is 5.49. The first-order valence-corrected chi connectivity index (χ1v) is 6.74. The molecule has 0 spiro atoms. The van der Waals surface area contributed by atoms with Crippen LogP contribution in [0.25, 0.3) is 0 Å². The average Bonchev–Trinajstić information content (AvgIpc) is 2.95. The molecule has 0 heteroatoms. The zero-order chi connectivity index (χ0) is 10.4. The van der Waals surface area contributed by atoms with Crippen molar-refractivity contribution in [1.29, 1.82) is 0 Å². The van der Waals surface area contributed by atoms with Gasteiger partial charge in [-0.15, -0.1) is 0 Å². The Balaban J connectivity index is 1.87. The minimum atomic E-state index is 0.969. The van der Waals surface area contributed by atoms with Crippen molar-refractivity contribution < 1.29 is 0 Å². The Morgan fingerprint density at radius 1 is 1.00 bits per heavy atom. The SMILES string of the molecule is CCCC(C)CCCCC(C)C1CC1. The number of unbranched alkanes of at least 4 members (excludes halogenated alkanes) is 1. The summed E-state index contributed by atoms with van der Waals surface area (Å²) in [5.74, 6) is 3.11. The summed E-state index contributed by atoms with van der Waals surface area (Å²) in [6.07, 6.45) is 11.7. The topological polar surface area (TPSA) is 0 Å². The third-order valence-electron chi connectivity index (χ3n) is 3.81. The summed E-state index contributed by atoms with van der Waals surface area (Å²) in [4.78, 5) is 0. The molecule has 0 saturated heterocycles. The molecular weight excluding hydrogens is 168 g/mol. The van der Waals surface area contributed by atoms with E-state index in [-0.39, 0.29) is 0 Å². The quantitative estimate of drug-likeness (QED) is 0.478. The molecule has 1 aliphatic rings. The van der Waals surface area contributed by atoms with Crippen LogP contribution >= 0.6 is 0 Å². The molecule has 0 aromatic heterocycles. The highest BCUT2D eigenvalue weighted by molar-refractivity contribution is 4.78. The van der Waals surface area contributed by atoms with Crippen LogP contribution in [0.4, 0.5) is 0 Å². The molecule has 1 saturated carbocycles. The van der Waals surface area contributed by atoms with Crippen molar-refractivity contribution in [1.82, 2.24) is 0 Å². The van der Waals surface area contributed by atoms with Crippen LogP contribution in [0.1, 0.15) is 72.1 Å². The van der Waals surface area contributed by atoms with E-state index in [1.54, 1.807) is 0 Å². The lowest BCUT2D eigenvalue weighted by atomic mass is 9.94. The molecule has 0 radical (unpaired) electrons. The van der Waals surface area contributed by atoms with Crippen LogP contribution in [0.3, 0.4) is 0 Å². The summed E-state index contributed by atoms with van der Waals surface area (Å²) in [5.41, 5.74) is 0. The first-order chi connectivity index (χ1) is 6.74. The van der Waals surface area contributed by atoms with Gasteiger partial charge in [-0.2, -0.15) is 0 Å². The van der Waals surface area contributed by atoms with Crippen LogP contribution in [-0.2, 0) is 0 Å². The van der Waals surface area contributed by atoms with Gasteiger partial charge in [-0.3, -0.25) is 0 Å². The highest BCUT2D eigenvalue weighted by atomic mass is 14.3. The number of hydrogen-bond acceptors (Lipinski definition) is 0. The van der Waals surface area contributed by atoms with Crippen molar-refractivity contribution in [2.24, 2.45) is 17.8 Å². The second-order valence-electron chi connectivity index (χ2n) is 5.49. The van der Waals surface area contributed by atoms with E-state index in [9.17, 15) is 0 Å². The summed E-state index contributed by atoms with van der Waals surface area (Å²) in [6.45, 7) is 7.16. The minimum Gasteiger partial charge on any atom is -0.0654 e. The van der Waals surface area contributed by atoms with Crippen LogP contribution in [0.15, 0.2) is 0 Å². The fourth-order valence-corrected chi connectivity index (χ4v) is 2.50. The summed E-state index contributed by atoms with van der Waals surface area (Å²) in [7, 11) is 0. The van der Waals surface area contributed by atoms with Gasteiger partial charge in [-0.25, -0.2) is 0 Å². The zero-order valence-electron chi connectivity index (χ0n) is 10.4. The van der Waals surface area contributed by atoms with Crippen LogP contribution in [0.5, 0.6) is 0 Å². The van der Waals surface area contributed by atoms with Gasteiger partial charge in [-0.1, -0.05) is 59.3 Å². The summed E-state index contributed by atoms with van der Waals surface area (Å²) in [5, 5.41) is 0. The molecule has 0 aromatic rings. The monoisotopic (exact) mass is 196 g/mol. The van der Waals surface area contributed by atoms with Gasteiger partial charge in [0.25, 0.3) is 0 Å².